The number of aliphatic imine (C=N–C) groups is 1. The summed E-state index contributed by atoms with van der Waals surface area (Å²) >= 11 is 0. The Morgan fingerprint density at radius 2 is 1.42 bits per heavy atom. The van der Waals surface area contributed by atoms with Gasteiger partial charge >= 0.3 is 18.0 Å². The Balaban J connectivity index is 0. The lowest BCUT2D eigenvalue weighted by Gasteiger charge is -2.38. The van der Waals surface area contributed by atoms with Gasteiger partial charge in [-0.25, -0.2) is 4.79 Å². The fraction of sp³-hybridized carbons (Fsp3) is 0.778. The van der Waals surface area contributed by atoms with Crippen molar-refractivity contribution in [1.29, 1.82) is 0 Å². The summed E-state index contributed by atoms with van der Waals surface area (Å²) in [7, 11) is 0. The van der Waals surface area contributed by atoms with Gasteiger partial charge in [-0.05, 0) is 25.7 Å². The summed E-state index contributed by atoms with van der Waals surface area (Å²) in [6.07, 6.45) is -3.06. The number of carboxylic acid groups (broad SMARTS) is 2. The number of hydrogen-bond donors (Lipinski definition) is 13. The Morgan fingerprint density at radius 3 is 1.83 bits per heavy atom. The van der Waals surface area contributed by atoms with E-state index in [1.807, 2.05) is 0 Å². The summed E-state index contributed by atoms with van der Waals surface area (Å²) in [5.74, 6) is -2.02. The normalized spacial score (nSPS) is 24.5. The Bertz CT molecular complexity index is 678. The number of aliphatic hydroxyl groups excluding tert-OH is 4. The number of rotatable bonds is 11. The number of urea groups is 1. The molecule has 0 saturated carbocycles. The number of carbonyl (C=O) groups is 3. The zero-order valence-corrected chi connectivity index (χ0v) is 19.7. The lowest BCUT2D eigenvalue weighted by Crippen LogP contribution is -2.61. The van der Waals surface area contributed by atoms with Crippen LogP contribution in [0.25, 0.3) is 0 Å². The van der Waals surface area contributed by atoms with Crippen LogP contribution in [0.5, 0.6) is 0 Å². The second kappa shape index (κ2) is 19.4. The van der Waals surface area contributed by atoms with E-state index in [-0.39, 0.29) is 5.96 Å². The molecule has 2 amide bonds. The fourth-order valence-corrected chi connectivity index (χ4v) is 2.42. The number of primary amides is 1. The van der Waals surface area contributed by atoms with Crippen molar-refractivity contribution < 1.29 is 49.8 Å². The molecule has 1 aliphatic rings. The highest BCUT2D eigenvalue weighted by atomic mass is 16.6. The molecule has 0 aromatic carbocycles. The van der Waals surface area contributed by atoms with Crippen LogP contribution in [-0.4, -0.2) is 117 Å². The third-order valence-electron chi connectivity index (χ3n) is 4.54. The first-order valence-electron chi connectivity index (χ1n) is 10.8. The molecule has 0 radical (unpaired) electrons. The molecule has 0 aliphatic carbocycles. The monoisotopic (exact) mass is 528 g/mol. The van der Waals surface area contributed by atoms with Gasteiger partial charge in [-0.2, -0.15) is 0 Å². The maximum atomic E-state index is 10.2. The number of nitrogens with one attached hydrogen (secondary N) is 1. The zero-order valence-electron chi connectivity index (χ0n) is 19.7. The largest absolute Gasteiger partial charge is 0.480 e. The molecule has 0 bridgehead atoms. The predicted octanol–water partition coefficient (Wildman–Crippen LogP) is -5.96. The van der Waals surface area contributed by atoms with Crippen LogP contribution >= 0.6 is 0 Å². The van der Waals surface area contributed by atoms with E-state index in [0.29, 0.717) is 38.8 Å². The minimum atomic E-state index is -1.35. The van der Waals surface area contributed by atoms with Gasteiger partial charge in [0.1, 0.15) is 30.4 Å². The molecule has 1 aliphatic heterocycles. The van der Waals surface area contributed by atoms with Crippen LogP contribution in [0.4, 0.5) is 4.79 Å². The average molecular weight is 529 g/mol. The number of nitrogens with two attached hydrogens (primary N) is 6. The molecule has 1 unspecified atom stereocenters. The number of amides is 2. The summed E-state index contributed by atoms with van der Waals surface area (Å²) in [5.41, 5.74) is 30.5. The standard InChI is InChI=1S/C6H14N4O2.C6H13N3O3.C6H13NO5/c7-4(5(11)12)2-1-3-10-6(8)9;7-4(5(10)11)2-1-3-9-6(8)12;7-3-5(10)4(9)2(1-8)12-6(3)11/h4H,1-3,7H2,(H,11,12)(H4,8,9,10);4H,1-3,7H2,(H,10,11)(H3,8,9,12);2-6,8-11H,1,7H2/t2*4-;2-,3-,4-,5-,6?/m001/s1. The highest BCUT2D eigenvalue weighted by Crippen LogP contribution is 2.17. The van der Waals surface area contributed by atoms with Crippen LogP contribution in [0, 0.1) is 0 Å². The number of nitrogens with zero attached hydrogens (tertiary/aromatic N) is 1. The Hall–Kier alpha value is -2.84. The van der Waals surface area contributed by atoms with Crippen LogP contribution < -0.4 is 39.7 Å². The summed E-state index contributed by atoms with van der Waals surface area (Å²) in [4.78, 5) is 34.2. The van der Waals surface area contributed by atoms with Crippen molar-refractivity contribution in [2.75, 3.05) is 19.7 Å². The fourth-order valence-electron chi connectivity index (χ4n) is 2.42. The van der Waals surface area contributed by atoms with Gasteiger partial charge in [0.05, 0.1) is 12.6 Å². The Labute approximate surface area is 207 Å². The summed E-state index contributed by atoms with van der Waals surface area (Å²) in [6, 6.07) is -3.33. The van der Waals surface area contributed by atoms with E-state index in [1.165, 1.54) is 0 Å². The molecule has 1 fully saturated rings. The van der Waals surface area contributed by atoms with E-state index in [9.17, 15) is 24.6 Å². The highest BCUT2D eigenvalue weighted by molar-refractivity contribution is 5.75. The van der Waals surface area contributed by atoms with Crippen LogP contribution in [0.3, 0.4) is 0 Å². The van der Waals surface area contributed by atoms with Gasteiger partial charge in [0.2, 0.25) is 0 Å². The van der Waals surface area contributed by atoms with Gasteiger partial charge in [0.15, 0.2) is 12.2 Å². The van der Waals surface area contributed by atoms with Crippen molar-refractivity contribution in [2.24, 2.45) is 39.4 Å². The van der Waals surface area contributed by atoms with Crippen LogP contribution in [0.15, 0.2) is 4.99 Å². The van der Waals surface area contributed by atoms with E-state index in [0.717, 1.165) is 0 Å². The SMILES string of the molecule is NC(=O)NCCC[C@H](N)C(=O)O.NC(N)=NCCC[C@H](N)C(=O)O.N[C@H]1C(O)O[C@H](CO)[C@@H](O)[C@@H]1O. The molecule has 0 spiro atoms. The molecule has 18 heteroatoms. The molecule has 1 rings (SSSR count). The lowest BCUT2D eigenvalue weighted by molar-refractivity contribution is -0.248. The minimum Gasteiger partial charge on any atom is -0.480 e. The number of carbonyl (C=O) groups excluding carboxylic acids is 1. The van der Waals surface area contributed by atoms with E-state index < -0.39 is 67.3 Å². The molecule has 1 saturated heterocycles. The number of hydrogen-bond acceptors (Lipinski definition) is 12. The first kappa shape index (κ1) is 35.3. The van der Waals surface area contributed by atoms with Crippen molar-refractivity contribution in [3.63, 3.8) is 0 Å². The van der Waals surface area contributed by atoms with E-state index in [4.69, 9.17) is 59.6 Å². The second-order valence-corrected chi connectivity index (χ2v) is 7.58. The second-order valence-electron chi connectivity index (χ2n) is 7.58. The Kier molecular flexibility index (Phi) is 19.0. The van der Waals surface area contributed by atoms with Crippen molar-refractivity contribution in [3.8, 4) is 0 Å². The van der Waals surface area contributed by atoms with Gasteiger partial charge in [-0.1, -0.05) is 0 Å². The molecule has 19 N–H and O–H groups in total. The van der Waals surface area contributed by atoms with E-state index >= 15 is 0 Å². The van der Waals surface area contributed by atoms with Gasteiger partial charge in [0.25, 0.3) is 0 Å². The molecule has 36 heavy (non-hydrogen) atoms. The van der Waals surface area contributed by atoms with E-state index in [1.54, 1.807) is 0 Å². The predicted molar refractivity (Wildman–Crippen MR) is 126 cm³/mol. The third kappa shape index (κ3) is 16.7. The molecular weight excluding hydrogens is 488 g/mol. The number of aliphatic hydroxyl groups is 4. The third-order valence-corrected chi connectivity index (χ3v) is 4.54. The Morgan fingerprint density at radius 1 is 0.917 bits per heavy atom. The molecule has 18 nitrogen and oxygen atoms in total. The van der Waals surface area contributed by atoms with Gasteiger partial charge < -0.3 is 75.1 Å². The minimum absolute atomic E-state index is 0.0129. The number of aliphatic carboxylic acids is 2. The summed E-state index contributed by atoms with van der Waals surface area (Å²) in [5, 5.41) is 55.1. The van der Waals surface area contributed by atoms with Gasteiger partial charge in [-0.3, -0.25) is 14.6 Å². The van der Waals surface area contributed by atoms with Crippen molar-refractivity contribution >= 4 is 23.9 Å². The first-order chi connectivity index (χ1) is 16.6. The lowest BCUT2D eigenvalue weighted by atomic mass is 9.98. The van der Waals surface area contributed by atoms with Crippen LogP contribution in [0.2, 0.25) is 0 Å². The molecule has 212 valence electrons. The van der Waals surface area contributed by atoms with Gasteiger partial charge in [0, 0.05) is 13.1 Å². The number of ether oxygens (including phenoxy) is 1. The quantitative estimate of drug-likeness (QED) is 0.0673. The molecular formula is C18H40N8O10. The molecule has 7 atom stereocenters. The van der Waals surface area contributed by atoms with Crippen molar-refractivity contribution in [3.05, 3.63) is 0 Å². The van der Waals surface area contributed by atoms with Crippen molar-refractivity contribution in [2.45, 2.75) is 68.4 Å². The average Bonchev–Trinajstić information content (AvgIpc) is 2.80. The maximum absolute atomic E-state index is 10.2. The molecule has 0 aromatic rings. The molecule has 1 heterocycles. The van der Waals surface area contributed by atoms with Crippen LogP contribution in [0.1, 0.15) is 25.7 Å². The summed E-state index contributed by atoms with van der Waals surface area (Å²) in [6.45, 7) is 0.307. The maximum Gasteiger partial charge on any atom is 0.320 e. The topological polar surface area (TPSA) is 362 Å². The summed E-state index contributed by atoms with van der Waals surface area (Å²) < 4.78 is 4.70. The molecule has 0 aromatic heterocycles. The highest BCUT2D eigenvalue weighted by Gasteiger charge is 2.41. The van der Waals surface area contributed by atoms with Crippen molar-refractivity contribution in [1.82, 2.24) is 5.32 Å². The number of guanidine groups is 1. The van der Waals surface area contributed by atoms with E-state index in [2.05, 4.69) is 10.3 Å². The first-order valence-corrected chi connectivity index (χ1v) is 10.8. The zero-order chi connectivity index (χ0) is 28.4. The van der Waals surface area contributed by atoms with Crippen LogP contribution in [-0.2, 0) is 14.3 Å². The smallest absolute Gasteiger partial charge is 0.320 e. The van der Waals surface area contributed by atoms with Gasteiger partial charge in [-0.15, -0.1) is 0 Å². The number of carboxylic acids is 2.